The molecule has 9 heteroatoms. The number of rotatable bonds is 7. The predicted molar refractivity (Wildman–Crippen MR) is 143 cm³/mol. The van der Waals surface area contributed by atoms with E-state index >= 15 is 0 Å². The molecule has 1 saturated heterocycles. The van der Waals surface area contributed by atoms with Crippen LogP contribution in [0.4, 0.5) is 11.5 Å². The minimum Gasteiger partial charge on any atom is -0.497 e. The summed E-state index contributed by atoms with van der Waals surface area (Å²) in [6, 6.07) is 17.1. The van der Waals surface area contributed by atoms with Crippen molar-refractivity contribution < 1.29 is 14.3 Å². The predicted octanol–water partition coefficient (Wildman–Crippen LogP) is 4.78. The van der Waals surface area contributed by atoms with Gasteiger partial charge in [-0.3, -0.25) is 19.6 Å². The molecule has 2 N–H and O–H groups in total. The quantitative estimate of drug-likeness (QED) is 0.379. The van der Waals surface area contributed by atoms with E-state index in [4.69, 9.17) is 4.74 Å². The number of amides is 2. The number of H-pyrrole nitrogens is 1. The number of aromatic amines is 1. The zero-order valence-electron chi connectivity index (χ0n) is 20.8. The van der Waals surface area contributed by atoms with E-state index in [2.05, 4.69) is 20.4 Å². The first kappa shape index (κ1) is 23.9. The lowest BCUT2D eigenvalue weighted by Gasteiger charge is -2.33. The van der Waals surface area contributed by atoms with Crippen LogP contribution in [0.3, 0.4) is 0 Å². The molecule has 36 heavy (non-hydrogen) atoms. The summed E-state index contributed by atoms with van der Waals surface area (Å²) in [7, 11) is 3.33. The third-order valence-electron chi connectivity index (χ3n) is 6.67. The Kier molecular flexibility index (Phi) is 6.17. The number of carbonyl (C=O) groups is 2. The lowest BCUT2D eigenvalue weighted by Crippen LogP contribution is -2.40. The van der Waals surface area contributed by atoms with Crippen LogP contribution in [0.2, 0.25) is 0 Å². The second-order valence-corrected chi connectivity index (χ2v) is 10.5. The van der Waals surface area contributed by atoms with Gasteiger partial charge in [0.15, 0.2) is 0 Å². The molecule has 0 bridgehead atoms. The number of anilines is 2. The number of nitrogens with zero attached hydrogens (tertiary/aromatic N) is 3. The van der Waals surface area contributed by atoms with Gasteiger partial charge in [0.1, 0.15) is 16.4 Å². The number of hydrogen-bond acceptors (Lipinski definition) is 6. The molecule has 0 saturated carbocycles. The number of thiophene rings is 1. The average molecular weight is 504 g/mol. The van der Waals surface area contributed by atoms with Crippen molar-refractivity contribution in [3.8, 4) is 5.75 Å². The fraction of sp³-hybridized carbons (Fsp3) is 0.296. The van der Waals surface area contributed by atoms with Crippen molar-refractivity contribution in [2.24, 2.45) is 0 Å². The van der Waals surface area contributed by atoms with E-state index in [9.17, 15) is 9.59 Å². The van der Waals surface area contributed by atoms with Crippen molar-refractivity contribution in [2.45, 2.75) is 25.8 Å². The molecule has 1 aliphatic rings. The maximum Gasteiger partial charge on any atom is 0.262 e. The fourth-order valence-corrected chi connectivity index (χ4v) is 5.16. The molecule has 1 aliphatic heterocycles. The first-order chi connectivity index (χ1) is 17.3. The van der Waals surface area contributed by atoms with Gasteiger partial charge < -0.3 is 15.0 Å². The molecule has 0 spiro atoms. The second kappa shape index (κ2) is 9.31. The van der Waals surface area contributed by atoms with Crippen LogP contribution in [0.5, 0.6) is 5.75 Å². The van der Waals surface area contributed by atoms with Crippen molar-refractivity contribution in [2.75, 3.05) is 37.0 Å². The normalized spacial score (nSPS) is 13.4. The van der Waals surface area contributed by atoms with Gasteiger partial charge in [0.05, 0.1) is 22.9 Å². The minimum absolute atomic E-state index is 0.145. The SMILES string of the molecule is COc1ccc(C(C)(C)NC(=O)c2cc3c(N(C)C(=O)c4ccc(N5CCC5)cc4)[nH]nc3s2)cc1. The summed E-state index contributed by atoms with van der Waals surface area (Å²) in [5.41, 5.74) is 2.11. The fourth-order valence-electron chi connectivity index (χ4n) is 4.28. The number of benzene rings is 2. The highest BCUT2D eigenvalue weighted by Gasteiger charge is 2.26. The molecular weight excluding hydrogens is 474 g/mol. The second-order valence-electron chi connectivity index (χ2n) is 9.46. The van der Waals surface area contributed by atoms with Gasteiger partial charge in [-0.2, -0.15) is 5.10 Å². The molecule has 0 radical (unpaired) electrons. The number of hydrogen-bond donors (Lipinski definition) is 2. The van der Waals surface area contributed by atoms with Crippen LogP contribution < -0.4 is 19.9 Å². The Morgan fingerprint density at radius 2 is 1.81 bits per heavy atom. The van der Waals surface area contributed by atoms with Crippen LogP contribution in [0.25, 0.3) is 10.2 Å². The number of aromatic nitrogens is 2. The summed E-state index contributed by atoms with van der Waals surface area (Å²) < 4.78 is 5.23. The zero-order chi connectivity index (χ0) is 25.4. The van der Waals surface area contributed by atoms with Gasteiger partial charge in [0.2, 0.25) is 0 Å². The molecule has 2 aromatic heterocycles. The van der Waals surface area contributed by atoms with E-state index in [1.807, 2.05) is 62.4 Å². The van der Waals surface area contributed by atoms with Gasteiger partial charge in [0.25, 0.3) is 11.8 Å². The van der Waals surface area contributed by atoms with Gasteiger partial charge in [-0.05, 0) is 68.3 Å². The minimum atomic E-state index is -0.589. The first-order valence-electron chi connectivity index (χ1n) is 11.8. The van der Waals surface area contributed by atoms with Gasteiger partial charge in [-0.1, -0.05) is 12.1 Å². The van der Waals surface area contributed by atoms with Crippen LogP contribution in [0.15, 0.2) is 54.6 Å². The van der Waals surface area contributed by atoms with E-state index < -0.39 is 5.54 Å². The Hall–Kier alpha value is -3.85. The van der Waals surface area contributed by atoms with Crippen LogP contribution in [0, 0.1) is 0 Å². The number of methoxy groups -OCH3 is 1. The maximum absolute atomic E-state index is 13.2. The van der Waals surface area contributed by atoms with Crippen LogP contribution in [-0.4, -0.2) is 49.3 Å². The molecule has 0 unspecified atom stereocenters. The largest absolute Gasteiger partial charge is 0.497 e. The lowest BCUT2D eigenvalue weighted by molar-refractivity contribution is 0.0915. The summed E-state index contributed by atoms with van der Waals surface area (Å²) in [5, 5.41) is 11.1. The summed E-state index contributed by atoms with van der Waals surface area (Å²) >= 11 is 1.29. The molecule has 1 fully saturated rings. The summed E-state index contributed by atoms with van der Waals surface area (Å²) in [6.45, 7) is 6.03. The molecular formula is C27H29N5O3S. The monoisotopic (exact) mass is 503 g/mol. The molecule has 5 rings (SSSR count). The van der Waals surface area contributed by atoms with Crippen LogP contribution in [-0.2, 0) is 5.54 Å². The molecule has 2 aromatic carbocycles. The smallest absolute Gasteiger partial charge is 0.262 e. The third-order valence-corrected chi connectivity index (χ3v) is 7.70. The average Bonchev–Trinajstić information content (AvgIpc) is 3.44. The van der Waals surface area contributed by atoms with E-state index in [-0.39, 0.29) is 11.8 Å². The van der Waals surface area contributed by atoms with Gasteiger partial charge in [-0.25, -0.2) is 0 Å². The number of carbonyl (C=O) groups excluding carboxylic acids is 2. The molecule has 186 valence electrons. The van der Waals surface area contributed by atoms with Crippen molar-refractivity contribution in [1.82, 2.24) is 15.5 Å². The Morgan fingerprint density at radius 1 is 1.11 bits per heavy atom. The number of fused-ring (bicyclic) bond motifs is 1. The summed E-state index contributed by atoms with van der Waals surface area (Å²) in [5.74, 6) is 0.985. The van der Waals surface area contributed by atoms with Crippen molar-refractivity contribution in [3.63, 3.8) is 0 Å². The number of nitrogens with one attached hydrogen (secondary N) is 2. The Morgan fingerprint density at radius 3 is 2.42 bits per heavy atom. The molecule has 0 aliphatic carbocycles. The Balaban J connectivity index is 1.32. The zero-order valence-corrected chi connectivity index (χ0v) is 21.6. The first-order valence-corrected chi connectivity index (χ1v) is 12.7. The Bertz CT molecular complexity index is 1400. The van der Waals surface area contributed by atoms with E-state index in [1.54, 1.807) is 25.1 Å². The van der Waals surface area contributed by atoms with Crippen LogP contribution in [0.1, 0.15) is 45.9 Å². The van der Waals surface area contributed by atoms with Gasteiger partial charge in [-0.15, -0.1) is 11.3 Å². The van der Waals surface area contributed by atoms with E-state index in [0.29, 0.717) is 21.1 Å². The molecule has 8 nitrogen and oxygen atoms in total. The van der Waals surface area contributed by atoms with E-state index in [1.165, 1.54) is 17.8 Å². The van der Waals surface area contributed by atoms with E-state index in [0.717, 1.165) is 35.5 Å². The molecule has 2 amide bonds. The molecule has 3 heterocycles. The lowest BCUT2D eigenvalue weighted by atomic mass is 9.94. The topological polar surface area (TPSA) is 90.6 Å². The third kappa shape index (κ3) is 4.42. The summed E-state index contributed by atoms with van der Waals surface area (Å²) in [6.07, 6.45) is 1.21. The highest BCUT2D eigenvalue weighted by molar-refractivity contribution is 7.20. The highest BCUT2D eigenvalue weighted by Crippen LogP contribution is 2.33. The molecule has 0 atom stereocenters. The highest BCUT2D eigenvalue weighted by atomic mass is 32.1. The number of ether oxygens (including phenoxy) is 1. The summed E-state index contributed by atoms with van der Waals surface area (Å²) in [4.78, 5) is 31.3. The van der Waals surface area contributed by atoms with Gasteiger partial charge >= 0.3 is 0 Å². The van der Waals surface area contributed by atoms with Crippen LogP contribution >= 0.6 is 11.3 Å². The maximum atomic E-state index is 13.2. The van der Waals surface area contributed by atoms with Crippen molar-refractivity contribution in [3.05, 3.63) is 70.6 Å². The van der Waals surface area contributed by atoms with Gasteiger partial charge in [0, 0.05) is 31.4 Å². The molecule has 4 aromatic rings. The van der Waals surface area contributed by atoms with Crippen molar-refractivity contribution >= 4 is 44.9 Å². The Labute approximate surface area is 213 Å². The standard InChI is InChI=1S/C27H29N5O3S/c1-27(2,18-8-12-20(35-4)13-9-18)28-24(33)22-16-21-23(29-30-25(21)36-22)31(3)26(34)17-6-10-19(11-7-17)32-14-5-15-32/h6-13,16H,5,14-15H2,1-4H3,(H,28,33)(H,29,30). The van der Waals surface area contributed by atoms with Crippen molar-refractivity contribution in [1.29, 1.82) is 0 Å².